The first-order valence-corrected chi connectivity index (χ1v) is 5.43. The number of esters is 2. The molecule has 1 unspecified atom stereocenters. The molecule has 0 spiro atoms. The van der Waals surface area contributed by atoms with Crippen molar-refractivity contribution in [2.75, 3.05) is 19.5 Å². The molecule has 1 atom stereocenters. The van der Waals surface area contributed by atoms with Gasteiger partial charge in [0.2, 0.25) is 0 Å². The minimum Gasteiger partial charge on any atom is -0.478 e. The lowest BCUT2D eigenvalue weighted by Crippen LogP contribution is -2.23. The fraction of sp³-hybridized carbons (Fsp3) is 0.333. The van der Waals surface area contributed by atoms with Gasteiger partial charge in [-0.15, -0.1) is 0 Å². The second-order valence-corrected chi connectivity index (χ2v) is 3.81. The van der Waals surface area contributed by atoms with Crippen LogP contribution in [0.15, 0.2) is 18.2 Å². The van der Waals surface area contributed by atoms with E-state index in [1.54, 1.807) is 6.07 Å². The molecule has 1 saturated heterocycles. The van der Waals surface area contributed by atoms with Crippen LogP contribution in [-0.4, -0.2) is 31.8 Å². The summed E-state index contributed by atoms with van der Waals surface area (Å²) in [6, 6.07) is 4.57. The highest BCUT2D eigenvalue weighted by atomic mass is 16.6. The quantitative estimate of drug-likeness (QED) is 0.630. The van der Waals surface area contributed by atoms with Gasteiger partial charge in [-0.2, -0.15) is 0 Å². The maximum Gasteiger partial charge on any atom is 0.347 e. The highest BCUT2D eigenvalue weighted by Gasteiger charge is 2.29. The number of hydrogen-bond donors (Lipinski definition) is 1. The lowest BCUT2D eigenvalue weighted by Gasteiger charge is -2.13. The average Bonchev–Trinajstić information content (AvgIpc) is 2.76. The van der Waals surface area contributed by atoms with Gasteiger partial charge in [0.05, 0.1) is 13.7 Å². The molecule has 1 fully saturated rings. The Morgan fingerprint density at radius 2 is 2.28 bits per heavy atom. The molecule has 0 bridgehead atoms. The summed E-state index contributed by atoms with van der Waals surface area (Å²) in [5.41, 5.74) is 6.21. The fourth-order valence-corrected chi connectivity index (χ4v) is 1.66. The molecule has 1 aliphatic heterocycles. The van der Waals surface area contributed by atoms with E-state index < -0.39 is 18.0 Å². The number of carbonyl (C=O) groups excluding carboxylic acids is 2. The number of carbonyl (C=O) groups is 2. The molecule has 2 N–H and O–H groups in total. The summed E-state index contributed by atoms with van der Waals surface area (Å²) < 4.78 is 14.9. The van der Waals surface area contributed by atoms with Crippen LogP contribution in [0.4, 0.5) is 5.69 Å². The molecule has 96 valence electrons. The smallest absolute Gasteiger partial charge is 0.347 e. The molecule has 2 rings (SSSR count). The fourth-order valence-electron chi connectivity index (χ4n) is 1.66. The summed E-state index contributed by atoms with van der Waals surface area (Å²) in [6.45, 7) is 0.325. The first kappa shape index (κ1) is 12.2. The summed E-state index contributed by atoms with van der Waals surface area (Å²) in [5, 5.41) is 0. The van der Waals surface area contributed by atoms with E-state index in [0.717, 1.165) is 0 Å². The molecule has 0 aromatic heterocycles. The van der Waals surface area contributed by atoms with Crippen molar-refractivity contribution in [3.8, 4) is 5.75 Å². The number of nitrogens with two attached hydrogens (primary N) is 1. The normalized spacial score (nSPS) is 18.3. The van der Waals surface area contributed by atoms with Gasteiger partial charge in [0.25, 0.3) is 0 Å². The predicted molar refractivity (Wildman–Crippen MR) is 62.2 cm³/mol. The van der Waals surface area contributed by atoms with E-state index in [2.05, 4.69) is 4.74 Å². The number of cyclic esters (lactones) is 1. The molecule has 1 aromatic carbocycles. The molecule has 0 saturated carbocycles. The first-order valence-electron chi connectivity index (χ1n) is 5.43. The van der Waals surface area contributed by atoms with Gasteiger partial charge in [-0.25, -0.2) is 9.59 Å². The van der Waals surface area contributed by atoms with Crippen molar-refractivity contribution in [3.63, 3.8) is 0 Å². The van der Waals surface area contributed by atoms with Crippen LogP contribution in [0, 0.1) is 0 Å². The molecular formula is C12H13NO5. The summed E-state index contributed by atoms with van der Waals surface area (Å²) in [7, 11) is 1.26. The van der Waals surface area contributed by atoms with Crippen LogP contribution in [0.1, 0.15) is 16.8 Å². The minimum absolute atomic E-state index is 0.192. The summed E-state index contributed by atoms with van der Waals surface area (Å²) in [6.07, 6.45) is -0.221. The number of methoxy groups -OCH3 is 1. The third-order valence-corrected chi connectivity index (χ3v) is 2.57. The molecule has 0 amide bonds. The Bertz CT molecular complexity index is 485. The third-order valence-electron chi connectivity index (χ3n) is 2.57. The van der Waals surface area contributed by atoms with Crippen LogP contribution < -0.4 is 10.5 Å². The van der Waals surface area contributed by atoms with Crippen molar-refractivity contribution < 1.29 is 23.8 Å². The molecule has 1 heterocycles. The van der Waals surface area contributed by atoms with Crippen LogP contribution in [0.5, 0.6) is 5.75 Å². The minimum atomic E-state index is -0.683. The second kappa shape index (κ2) is 4.95. The van der Waals surface area contributed by atoms with E-state index >= 15 is 0 Å². The number of ether oxygens (including phenoxy) is 3. The number of hydrogen-bond acceptors (Lipinski definition) is 6. The Labute approximate surface area is 104 Å². The molecule has 6 nitrogen and oxygen atoms in total. The summed E-state index contributed by atoms with van der Waals surface area (Å²) in [5.74, 6) is -0.730. The van der Waals surface area contributed by atoms with Gasteiger partial charge in [-0.1, -0.05) is 0 Å². The topological polar surface area (TPSA) is 87.8 Å². The number of rotatable bonds is 3. The van der Waals surface area contributed by atoms with E-state index in [0.29, 0.717) is 18.7 Å². The zero-order valence-electron chi connectivity index (χ0n) is 9.84. The highest BCUT2D eigenvalue weighted by molar-refractivity contribution is 5.93. The molecule has 0 radical (unpaired) electrons. The van der Waals surface area contributed by atoms with Crippen molar-refractivity contribution >= 4 is 17.6 Å². The van der Waals surface area contributed by atoms with Crippen LogP contribution in [0.2, 0.25) is 0 Å². The number of nitrogen functional groups attached to an aromatic ring is 1. The zero-order valence-corrected chi connectivity index (χ0v) is 9.84. The third kappa shape index (κ3) is 2.37. The number of benzene rings is 1. The molecule has 6 heteroatoms. The van der Waals surface area contributed by atoms with Gasteiger partial charge < -0.3 is 19.9 Å². The van der Waals surface area contributed by atoms with E-state index in [9.17, 15) is 9.59 Å². The second-order valence-electron chi connectivity index (χ2n) is 3.81. The molecule has 0 aliphatic carbocycles. The van der Waals surface area contributed by atoms with Crippen molar-refractivity contribution in [2.45, 2.75) is 12.5 Å². The standard InChI is InChI=1S/C12H13NO5/c1-16-11(14)8-6-7(13)2-3-9(8)18-10-4-5-17-12(10)15/h2-3,6,10H,4-5,13H2,1H3. The van der Waals surface area contributed by atoms with Gasteiger partial charge in [-0.05, 0) is 18.2 Å². The molecular weight excluding hydrogens is 238 g/mol. The van der Waals surface area contributed by atoms with Gasteiger partial charge in [0.1, 0.15) is 11.3 Å². The lowest BCUT2D eigenvalue weighted by atomic mass is 10.1. The molecule has 1 aliphatic rings. The molecule has 1 aromatic rings. The van der Waals surface area contributed by atoms with Crippen LogP contribution >= 0.6 is 0 Å². The Balaban J connectivity index is 2.26. The summed E-state index contributed by atoms with van der Waals surface area (Å²) >= 11 is 0. The average molecular weight is 251 g/mol. The van der Waals surface area contributed by atoms with Crippen LogP contribution in [0.3, 0.4) is 0 Å². The Morgan fingerprint density at radius 3 is 2.89 bits per heavy atom. The van der Waals surface area contributed by atoms with Gasteiger partial charge in [-0.3, -0.25) is 0 Å². The Kier molecular flexibility index (Phi) is 3.36. The highest BCUT2D eigenvalue weighted by Crippen LogP contribution is 2.25. The number of anilines is 1. The zero-order chi connectivity index (χ0) is 13.1. The lowest BCUT2D eigenvalue weighted by molar-refractivity contribution is -0.143. The molecule has 18 heavy (non-hydrogen) atoms. The first-order chi connectivity index (χ1) is 8.61. The monoisotopic (exact) mass is 251 g/mol. The summed E-state index contributed by atoms with van der Waals surface area (Å²) in [4.78, 5) is 22.9. The van der Waals surface area contributed by atoms with Crippen molar-refractivity contribution in [1.29, 1.82) is 0 Å². The van der Waals surface area contributed by atoms with Crippen molar-refractivity contribution in [1.82, 2.24) is 0 Å². The van der Waals surface area contributed by atoms with Gasteiger partial charge in [0, 0.05) is 12.1 Å². The SMILES string of the molecule is COC(=O)c1cc(N)ccc1OC1CCOC1=O. The largest absolute Gasteiger partial charge is 0.478 e. The van der Waals surface area contributed by atoms with E-state index in [1.807, 2.05) is 0 Å². The van der Waals surface area contributed by atoms with E-state index in [-0.39, 0.29) is 11.3 Å². The Hall–Kier alpha value is -2.24. The van der Waals surface area contributed by atoms with Gasteiger partial charge >= 0.3 is 11.9 Å². The van der Waals surface area contributed by atoms with Crippen LogP contribution in [0.25, 0.3) is 0 Å². The van der Waals surface area contributed by atoms with Gasteiger partial charge in [0.15, 0.2) is 6.10 Å². The predicted octanol–water partition coefficient (Wildman–Crippen LogP) is 0.750. The van der Waals surface area contributed by atoms with Crippen molar-refractivity contribution in [2.24, 2.45) is 0 Å². The Morgan fingerprint density at radius 1 is 1.50 bits per heavy atom. The van der Waals surface area contributed by atoms with E-state index in [4.69, 9.17) is 15.2 Å². The van der Waals surface area contributed by atoms with Crippen LogP contribution in [-0.2, 0) is 14.3 Å². The maximum absolute atomic E-state index is 11.6. The maximum atomic E-state index is 11.6. The van der Waals surface area contributed by atoms with Crippen molar-refractivity contribution in [3.05, 3.63) is 23.8 Å². The van der Waals surface area contributed by atoms with E-state index in [1.165, 1.54) is 19.2 Å².